The maximum Gasteiger partial charge on any atom is 0.407 e. The van der Waals surface area contributed by atoms with Gasteiger partial charge in [-0.2, -0.15) is 0 Å². The van der Waals surface area contributed by atoms with E-state index >= 15 is 0 Å². The Kier molecular flexibility index (Phi) is 6.47. The number of hydrogen-bond donors (Lipinski definition) is 2. The molecule has 0 aliphatic carbocycles. The summed E-state index contributed by atoms with van der Waals surface area (Å²) < 4.78 is 5.20. The van der Waals surface area contributed by atoms with E-state index in [-0.39, 0.29) is 6.03 Å². The molecule has 0 aromatic heterocycles. The van der Waals surface area contributed by atoms with Crippen LogP contribution in [-0.2, 0) is 11.3 Å². The van der Waals surface area contributed by atoms with Gasteiger partial charge in [0.1, 0.15) is 5.60 Å². The summed E-state index contributed by atoms with van der Waals surface area (Å²) in [7, 11) is 4.08. The Bertz CT molecular complexity index is 623. The van der Waals surface area contributed by atoms with Gasteiger partial charge >= 0.3 is 12.1 Å². The van der Waals surface area contributed by atoms with Gasteiger partial charge < -0.3 is 25.2 Å². The zero-order valence-corrected chi connectivity index (χ0v) is 16.3. The van der Waals surface area contributed by atoms with Gasteiger partial charge in [-0.15, -0.1) is 0 Å². The summed E-state index contributed by atoms with van der Waals surface area (Å²) >= 11 is 0. The lowest BCUT2D eigenvalue weighted by atomic mass is 10.2. The highest BCUT2D eigenvalue weighted by molar-refractivity contribution is 5.89. The van der Waals surface area contributed by atoms with E-state index in [0.717, 1.165) is 30.8 Å². The third kappa shape index (κ3) is 6.22. The van der Waals surface area contributed by atoms with Crippen LogP contribution >= 0.6 is 0 Å². The predicted octanol–water partition coefficient (Wildman–Crippen LogP) is 2.88. The molecule has 0 spiro atoms. The summed E-state index contributed by atoms with van der Waals surface area (Å²) in [6, 6.07) is 7.77. The second kappa shape index (κ2) is 8.40. The first-order valence-electron chi connectivity index (χ1n) is 8.92. The average molecular weight is 362 g/mol. The Hall–Kier alpha value is -2.28. The first kappa shape index (κ1) is 20.0. The van der Waals surface area contributed by atoms with Crippen LogP contribution in [0.25, 0.3) is 0 Å². The number of nitrogens with one attached hydrogen (secondary N) is 2. The molecule has 26 heavy (non-hydrogen) atoms. The zero-order chi connectivity index (χ0) is 19.3. The maximum atomic E-state index is 12.3. The molecule has 1 atom stereocenters. The number of likely N-dealkylation sites (N-methyl/N-ethyl adjacent to an activating group) is 1. The topological polar surface area (TPSA) is 73.9 Å². The number of amides is 3. The van der Waals surface area contributed by atoms with Crippen molar-refractivity contribution in [3.63, 3.8) is 0 Å². The molecule has 0 bridgehead atoms. The second-order valence-corrected chi connectivity index (χ2v) is 7.83. The SMILES string of the molecule is CN(C)[C@H]1CCN(C(=O)Nc2ccc(CNC(=O)OC(C)(C)C)cc2)C1. The normalized spacial score (nSPS) is 17.3. The average Bonchev–Trinajstić information content (AvgIpc) is 3.03. The van der Waals surface area contributed by atoms with E-state index in [0.29, 0.717) is 12.6 Å². The molecule has 1 heterocycles. The van der Waals surface area contributed by atoms with Crippen LogP contribution in [0.5, 0.6) is 0 Å². The highest BCUT2D eigenvalue weighted by Gasteiger charge is 2.27. The predicted molar refractivity (Wildman–Crippen MR) is 102 cm³/mol. The van der Waals surface area contributed by atoms with Gasteiger partial charge in [-0.3, -0.25) is 0 Å². The fourth-order valence-electron chi connectivity index (χ4n) is 2.74. The lowest BCUT2D eigenvalue weighted by Gasteiger charge is -2.21. The Balaban J connectivity index is 1.80. The third-order valence-electron chi connectivity index (χ3n) is 4.22. The first-order valence-corrected chi connectivity index (χ1v) is 8.92. The maximum absolute atomic E-state index is 12.3. The molecule has 144 valence electrons. The van der Waals surface area contributed by atoms with Gasteiger partial charge in [0.25, 0.3) is 0 Å². The van der Waals surface area contributed by atoms with Gasteiger partial charge in [0.15, 0.2) is 0 Å². The summed E-state index contributed by atoms with van der Waals surface area (Å²) in [5.74, 6) is 0. The molecule has 7 heteroatoms. The summed E-state index contributed by atoms with van der Waals surface area (Å²) in [4.78, 5) is 28.0. The number of hydrogen-bond acceptors (Lipinski definition) is 4. The van der Waals surface area contributed by atoms with Gasteiger partial charge in [-0.05, 0) is 59.0 Å². The largest absolute Gasteiger partial charge is 0.444 e. The minimum Gasteiger partial charge on any atom is -0.444 e. The van der Waals surface area contributed by atoms with Gasteiger partial charge in [0.05, 0.1) is 0 Å². The van der Waals surface area contributed by atoms with E-state index in [1.165, 1.54) is 0 Å². The molecule has 7 nitrogen and oxygen atoms in total. The molecule has 2 rings (SSSR count). The number of anilines is 1. The van der Waals surface area contributed by atoms with Crippen molar-refractivity contribution in [1.82, 2.24) is 15.1 Å². The van der Waals surface area contributed by atoms with Crippen molar-refractivity contribution in [3.8, 4) is 0 Å². The summed E-state index contributed by atoms with van der Waals surface area (Å²) in [6.45, 7) is 7.37. The van der Waals surface area contributed by atoms with E-state index in [1.54, 1.807) is 0 Å². The Morgan fingerprint density at radius 3 is 2.42 bits per heavy atom. The van der Waals surface area contributed by atoms with Crippen molar-refractivity contribution in [2.75, 3.05) is 32.5 Å². The van der Waals surface area contributed by atoms with Gasteiger partial charge in [0.2, 0.25) is 0 Å². The molecule has 1 aliphatic heterocycles. The van der Waals surface area contributed by atoms with Crippen molar-refractivity contribution in [3.05, 3.63) is 29.8 Å². The lowest BCUT2D eigenvalue weighted by molar-refractivity contribution is 0.0523. The van der Waals surface area contributed by atoms with Gasteiger partial charge in [0, 0.05) is 31.4 Å². The zero-order valence-electron chi connectivity index (χ0n) is 16.3. The third-order valence-corrected chi connectivity index (χ3v) is 4.22. The van der Waals surface area contributed by atoms with Crippen LogP contribution in [0.4, 0.5) is 15.3 Å². The second-order valence-electron chi connectivity index (χ2n) is 7.83. The van der Waals surface area contributed by atoms with Crippen LogP contribution in [-0.4, -0.2) is 60.8 Å². The van der Waals surface area contributed by atoms with E-state index in [9.17, 15) is 9.59 Å². The number of urea groups is 1. The number of alkyl carbamates (subject to hydrolysis) is 1. The molecular weight excluding hydrogens is 332 g/mol. The molecule has 1 aromatic carbocycles. The first-order chi connectivity index (χ1) is 12.1. The number of nitrogens with zero attached hydrogens (tertiary/aromatic N) is 2. The molecule has 1 saturated heterocycles. The van der Waals surface area contributed by atoms with E-state index in [1.807, 2.05) is 64.0 Å². The molecular formula is C19H30N4O3. The van der Waals surface area contributed by atoms with Crippen molar-refractivity contribution in [2.24, 2.45) is 0 Å². The van der Waals surface area contributed by atoms with Crippen LogP contribution in [0.15, 0.2) is 24.3 Å². The van der Waals surface area contributed by atoms with Gasteiger partial charge in [-0.25, -0.2) is 9.59 Å². The smallest absolute Gasteiger partial charge is 0.407 e. The fourth-order valence-corrected chi connectivity index (χ4v) is 2.74. The fraction of sp³-hybridized carbons (Fsp3) is 0.579. The molecule has 1 aromatic rings. The standard InChI is InChI=1S/C19H30N4O3/c1-19(2,3)26-18(25)20-12-14-6-8-15(9-7-14)21-17(24)23-11-10-16(13-23)22(4)5/h6-9,16H,10-13H2,1-5H3,(H,20,25)(H,21,24)/t16-/m0/s1. The van der Waals surface area contributed by atoms with Crippen LogP contribution in [0.3, 0.4) is 0 Å². The number of benzene rings is 1. The van der Waals surface area contributed by atoms with E-state index in [2.05, 4.69) is 15.5 Å². The minimum absolute atomic E-state index is 0.0750. The van der Waals surface area contributed by atoms with Crippen LogP contribution in [0.2, 0.25) is 0 Å². The lowest BCUT2D eigenvalue weighted by Crippen LogP contribution is -2.36. The van der Waals surface area contributed by atoms with Crippen molar-refractivity contribution >= 4 is 17.8 Å². The number of likely N-dealkylation sites (tertiary alicyclic amines) is 1. The highest BCUT2D eigenvalue weighted by Crippen LogP contribution is 2.16. The number of rotatable bonds is 4. The quantitative estimate of drug-likeness (QED) is 0.864. The highest BCUT2D eigenvalue weighted by atomic mass is 16.6. The number of carbonyl (C=O) groups excluding carboxylic acids is 2. The van der Waals surface area contributed by atoms with E-state index < -0.39 is 11.7 Å². The monoisotopic (exact) mass is 362 g/mol. The summed E-state index contributed by atoms with van der Waals surface area (Å²) in [5.41, 5.74) is 1.16. The van der Waals surface area contributed by atoms with Crippen molar-refractivity contribution in [1.29, 1.82) is 0 Å². The van der Waals surface area contributed by atoms with Crippen LogP contribution in [0, 0.1) is 0 Å². The summed E-state index contributed by atoms with van der Waals surface area (Å²) in [6.07, 6.45) is 0.551. The Morgan fingerprint density at radius 2 is 1.88 bits per heavy atom. The summed E-state index contributed by atoms with van der Waals surface area (Å²) in [5, 5.41) is 5.64. The van der Waals surface area contributed by atoms with E-state index in [4.69, 9.17) is 4.74 Å². The van der Waals surface area contributed by atoms with Crippen LogP contribution in [0.1, 0.15) is 32.8 Å². The molecule has 2 N–H and O–H groups in total. The molecule has 1 aliphatic rings. The minimum atomic E-state index is -0.514. The number of ether oxygens (including phenoxy) is 1. The molecule has 1 fully saturated rings. The van der Waals surface area contributed by atoms with Crippen molar-refractivity contribution in [2.45, 2.75) is 45.4 Å². The number of carbonyl (C=O) groups is 2. The molecule has 0 radical (unpaired) electrons. The molecule has 3 amide bonds. The van der Waals surface area contributed by atoms with Crippen molar-refractivity contribution < 1.29 is 14.3 Å². The molecule has 0 unspecified atom stereocenters. The van der Waals surface area contributed by atoms with Crippen LogP contribution < -0.4 is 10.6 Å². The Labute approximate surface area is 155 Å². The Morgan fingerprint density at radius 1 is 1.23 bits per heavy atom. The van der Waals surface area contributed by atoms with Gasteiger partial charge in [-0.1, -0.05) is 12.1 Å². The molecule has 0 saturated carbocycles.